The van der Waals surface area contributed by atoms with E-state index in [4.69, 9.17) is 9.47 Å². The number of carbonyl (C=O) groups is 3. The lowest BCUT2D eigenvalue weighted by molar-refractivity contribution is -0.274. The zero-order valence-corrected chi connectivity index (χ0v) is 20.1. The average Bonchev–Trinajstić information content (AvgIpc) is 3.31. The molecule has 1 aliphatic heterocycles. The number of piperidine rings is 1. The van der Waals surface area contributed by atoms with Crippen LogP contribution < -0.4 is 20.1 Å². The van der Waals surface area contributed by atoms with Gasteiger partial charge in [0.15, 0.2) is 6.61 Å². The second-order valence-electron chi connectivity index (χ2n) is 7.64. The van der Waals surface area contributed by atoms with Crippen LogP contribution in [0.25, 0.3) is 0 Å². The van der Waals surface area contributed by atoms with Gasteiger partial charge in [-0.2, -0.15) is 0 Å². The second kappa shape index (κ2) is 12.4. The third kappa shape index (κ3) is 8.59. The number of amides is 3. The maximum Gasteiger partial charge on any atom is 0.573 e. The summed E-state index contributed by atoms with van der Waals surface area (Å²) in [4.78, 5) is 42.1. The number of ether oxygens (including phenoxy) is 3. The highest BCUT2D eigenvalue weighted by Gasteiger charge is 2.31. The third-order valence-electron chi connectivity index (χ3n) is 5.00. The molecule has 36 heavy (non-hydrogen) atoms. The van der Waals surface area contributed by atoms with Crippen molar-refractivity contribution in [2.75, 3.05) is 26.3 Å². The standard InChI is InChI=1S/C22H25F3N4O6S/c1-2-33-21(32)29-9-7-14(8-10-29)27-20(31)17-13-36-19(28-17)11-26-18(30)12-34-15-3-5-16(6-4-15)35-22(23,24)25/h3-6,13-14H,2,7-12H2,1H3,(H,26,30)(H,27,31). The van der Waals surface area contributed by atoms with Gasteiger partial charge in [0, 0.05) is 24.5 Å². The van der Waals surface area contributed by atoms with Crippen LogP contribution in [0.15, 0.2) is 29.6 Å². The molecule has 2 aromatic rings. The molecule has 1 aromatic carbocycles. The number of nitrogens with zero attached hydrogens (tertiary/aromatic N) is 2. The fraction of sp³-hybridized carbons (Fsp3) is 0.455. The van der Waals surface area contributed by atoms with Gasteiger partial charge in [-0.3, -0.25) is 9.59 Å². The summed E-state index contributed by atoms with van der Waals surface area (Å²) in [5, 5.41) is 7.61. The number of halogens is 3. The summed E-state index contributed by atoms with van der Waals surface area (Å²) in [7, 11) is 0. The summed E-state index contributed by atoms with van der Waals surface area (Å²) in [6.45, 7) is 2.76. The van der Waals surface area contributed by atoms with Crippen LogP contribution in [0.2, 0.25) is 0 Å². The van der Waals surface area contributed by atoms with Crippen molar-refractivity contribution in [3.05, 3.63) is 40.3 Å². The Bertz CT molecular complexity index is 1040. The largest absolute Gasteiger partial charge is 0.573 e. The number of hydrogen-bond donors (Lipinski definition) is 2. The molecule has 10 nitrogen and oxygen atoms in total. The van der Waals surface area contributed by atoms with Gasteiger partial charge < -0.3 is 29.7 Å². The van der Waals surface area contributed by atoms with Gasteiger partial charge in [-0.1, -0.05) is 0 Å². The molecular formula is C22H25F3N4O6S. The molecule has 2 N–H and O–H groups in total. The normalized spacial score (nSPS) is 14.2. The van der Waals surface area contributed by atoms with Crippen LogP contribution >= 0.6 is 11.3 Å². The number of thiazole rings is 1. The summed E-state index contributed by atoms with van der Waals surface area (Å²) < 4.78 is 50.5. The number of hydrogen-bond acceptors (Lipinski definition) is 8. The molecule has 0 unspecified atom stereocenters. The molecule has 14 heteroatoms. The van der Waals surface area contributed by atoms with Crippen LogP contribution in [0.5, 0.6) is 11.5 Å². The Morgan fingerprint density at radius 2 is 1.81 bits per heavy atom. The van der Waals surface area contributed by atoms with Crippen molar-refractivity contribution in [1.82, 2.24) is 20.5 Å². The van der Waals surface area contributed by atoms with Crippen molar-refractivity contribution in [3.63, 3.8) is 0 Å². The number of aromatic nitrogens is 1. The quantitative estimate of drug-likeness (QED) is 0.512. The molecule has 0 atom stereocenters. The van der Waals surface area contributed by atoms with Gasteiger partial charge in [0.25, 0.3) is 11.8 Å². The Morgan fingerprint density at radius 3 is 2.44 bits per heavy atom. The van der Waals surface area contributed by atoms with Crippen LogP contribution in [0, 0.1) is 0 Å². The topological polar surface area (TPSA) is 119 Å². The first-order valence-corrected chi connectivity index (χ1v) is 11.9. The van der Waals surface area contributed by atoms with Gasteiger partial charge in [0.2, 0.25) is 0 Å². The second-order valence-corrected chi connectivity index (χ2v) is 8.59. The van der Waals surface area contributed by atoms with E-state index in [1.54, 1.807) is 17.2 Å². The molecule has 3 amide bonds. The van der Waals surface area contributed by atoms with E-state index in [0.717, 1.165) is 12.1 Å². The van der Waals surface area contributed by atoms with Crippen LogP contribution in [-0.2, 0) is 16.1 Å². The number of benzene rings is 1. The van der Waals surface area contributed by atoms with Crippen LogP contribution in [0.3, 0.4) is 0 Å². The Balaban J connectivity index is 1.37. The maximum absolute atomic E-state index is 12.5. The van der Waals surface area contributed by atoms with Crippen molar-refractivity contribution < 1.29 is 41.8 Å². The van der Waals surface area contributed by atoms with Crippen molar-refractivity contribution in [3.8, 4) is 11.5 Å². The molecule has 1 aromatic heterocycles. The lowest BCUT2D eigenvalue weighted by Gasteiger charge is -2.31. The average molecular weight is 531 g/mol. The van der Waals surface area contributed by atoms with Gasteiger partial charge in [-0.05, 0) is 44.0 Å². The zero-order chi connectivity index (χ0) is 26.1. The summed E-state index contributed by atoms with van der Waals surface area (Å²) in [6, 6.07) is 4.57. The highest BCUT2D eigenvalue weighted by molar-refractivity contribution is 7.09. The van der Waals surface area contributed by atoms with E-state index in [2.05, 4.69) is 20.4 Å². The van der Waals surface area contributed by atoms with Gasteiger partial charge >= 0.3 is 12.5 Å². The first-order chi connectivity index (χ1) is 17.1. The molecule has 3 rings (SSSR count). The van der Waals surface area contributed by atoms with Crippen molar-refractivity contribution in [2.24, 2.45) is 0 Å². The van der Waals surface area contributed by atoms with Gasteiger partial charge in [-0.15, -0.1) is 24.5 Å². The Kier molecular flexibility index (Phi) is 9.33. The molecule has 0 bridgehead atoms. The first kappa shape index (κ1) is 27.0. The zero-order valence-electron chi connectivity index (χ0n) is 19.3. The molecule has 2 heterocycles. The molecule has 196 valence electrons. The predicted octanol–water partition coefficient (Wildman–Crippen LogP) is 3.09. The maximum atomic E-state index is 12.5. The number of likely N-dealkylation sites (tertiary alicyclic amines) is 1. The molecule has 1 aliphatic rings. The monoisotopic (exact) mass is 530 g/mol. The minimum Gasteiger partial charge on any atom is -0.484 e. The molecule has 0 radical (unpaired) electrons. The SMILES string of the molecule is CCOC(=O)N1CCC(NC(=O)c2csc(CNC(=O)COc3ccc(OC(F)(F)F)cc3)n2)CC1. The van der Waals surface area contributed by atoms with Crippen LogP contribution in [0.4, 0.5) is 18.0 Å². The number of rotatable bonds is 9. The van der Waals surface area contributed by atoms with E-state index < -0.39 is 18.0 Å². The fourth-order valence-corrected chi connectivity index (χ4v) is 4.00. The predicted molar refractivity (Wildman–Crippen MR) is 122 cm³/mol. The third-order valence-corrected chi connectivity index (χ3v) is 5.85. The number of nitrogens with one attached hydrogen (secondary N) is 2. The molecular weight excluding hydrogens is 505 g/mol. The highest BCUT2D eigenvalue weighted by Crippen LogP contribution is 2.24. The lowest BCUT2D eigenvalue weighted by Crippen LogP contribution is -2.46. The molecule has 1 fully saturated rings. The number of alkyl halides is 3. The summed E-state index contributed by atoms with van der Waals surface area (Å²) >= 11 is 1.21. The minimum absolute atomic E-state index is 0.0798. The van der Waals surface area contributed by atoms with E-state index in [9.17, 15) is 27.6 Å². The molecule has 0 aliphatic carbocycles. The molecule has 1 saturated heterocycles. The molecule has 0 spiro atoms. The van der Waals surface area contributed by atoms with Crippen molar-refractivity contribution >= 4 is 29.2 Å². The summed E-state index contributed by atoms with van der Waals surface area (Å²) in [5.41, 5.74) is 0.231. The van der Waals surface area contributed by atoms with Crippen molar-refractivity contribution in [2.45, 2.75) is 38.7 Å². The Labute approximate surface area is 208 Å². The molecule has 0 saturated carbocycles. The summed E-state index contributed by atoms with van der Waals surface area (Å²) in [6.07, 6.45) is -3.93. The van der Waals surface area contributed by atoms with E-state index in [0.29, 0.717) is 37.5 Å². The minimum atomic E-state index is -4.79. The van der Waals surface area contributed by atoms with Gasteiger partial charge in [-0.25, -0.2) is 9.78 Å². The first-order valence-electron chi connectivity index (χ1n) is 11.0. The van der Waals surface area contributed by atoms with E-state index in [-0.39, 0.29) is 42.6 Å². The van der Waals surface area contributed by atoms with Crippen molar-refractivity contribution in [1.29, 1.82) is 0 Å². The fourth-order valence-electron chi connectivity index (χ4n) is 3.29. The van der Waals surface area contributed by atoms with E-state index in [1.807, 2.05) is 0 Å². The van der Waals surface area contributed by atoms with Crippen LogP contribution in [0.1, 0.15) is 35.3 Å². The van der Waals surface area contributed by atoms with Gasteiger partial charge in [0.05, 0.1) is 13.2 Å². The lowest BCUT2D eigenvalue weighted by atomic mass is 10.1. The highest BCUT2D eigenvalue weighted by atomic mass is 32.1. The van der Waals surface area contributed by atoms with Gasteiger partial charge in [0.1, 0.15) is 22.2 Å². The van der Waals surface area contributed by atoms with E-state index >= 15 is 0 Å². The van der Waals surface area contributed by atoms with Crippen LogP contribution in [-0.4, -0.2) is 66.5 Å². The Morgan fingerprint density at radius 1 is 1.14 bits per heavy atom. The number of carbonyl (C=O) groups excluding carboxylic acids is 3. The Hall–Kier alpha value is -3.55. The smallest absolute Gasteiger partial charge is 0.484 e. The summed E-state index contributed by atoms with van der Waals surface area (Å²) in [5.74, 6) is -1.01. The van der Waals surface area contributed by atoms with E-state index in [1.165, 1.54) is 23.5 Å².